The van der Waals surface area contributed by atoms with Crippen LogP contribution in [0.3, 0.4) is 0 Å². The molecule has 1 saturated heterocycles. The van der Waals surface area contributed by atoms with Gasteiger partial charge in [-0.05, 0) is 43.7 Å². The summed E-state index contributed by atoms with van der Waals surface area (Å²) in [6.45, 7) is 5.23. The molecule has 42 heavy (non-hydrogen) atoms. The molecule has 2 aromatic carbocycles. The minimum atomic E-state index is -4.54. The summed E-state index contributed by atoms with van der Waals surface area (Å²) in [5.74, 6) is 5.87. The van der Waals surface area contributed by atoms with Gasteiger partial charge in [-0.1, -0.05) is 66.8 Å². The number of carbonyl (C=O) groups excluding carboxylic acids is 1. The van der Waals surface area contributed by atoms with E-state index in [1.165, 1.54) is 6.07 Å². The van der Waals surface area contributed by atoms with Crippen molar-refractivity contribution in [3.05, 3.63) is 106 Å². The lowest BCUT2D eigenvalue weighted by Crippen LogP contribution is -2.44. The number of allylic oxidation sites excluding steroid dienone is 4. The number of halogens is 3. The lowest BCUT2D eigenvalue weighted by molar-refractivity contribution is -0.138. The van der Waals surface area contributed by atoms with Gasteiger partial charge in [-0.3, -0.25) is 14.7 Å². The SMILES string of the molecule is CCC1=C(C(=O)Nc2ccc(CN3CCN(C)CC3)c(C(F)(F)F)c2)C=C(C#Cc2cncc3ccccc23)C=CC1. The number of amides is 1. The summed E-state index contributed by atoms with van der Waals surface area (Å²) in [5, 5.41) is 4.69. The average Bonchev–Trinajstić information content (AvgIpc) is 3.19. The lowest BCUT2D eigenvalue weighted by Gasteiger charge is -2.33. The summed E-state index contributed by atoms with van der Waals surface area (Å²) >= 11 is 0. The molecule has 1 amide bonds. The normalized spacial score (nSPS) is 16.5. The number of rotatable bonds is 5. The lowest BCUT2D eigenvalue weighted by atomic mass is 10.0. The Morgan fingerprint density at radius 3 is 2.60 bits per heavy atom. The molecular weight excluding hydrogens is 537 g/mol. The highest BCUT2D eigenvalue weighted by Gasteiger charge is 2.34. The quantitative estimate of drug-likeness (QED) is 0.352. The van der Waals surface area contributed by atoms with Gasteiger partial charge in [0.05, 0.1) is 11.1 Å². The van der Waals surface area contributed by atoms with Crippen LogP contribution in [0.1, 0.15) is 36.5 Å². The van der Waals surface area contributed by atoms with Gasteiger partial charge < -0.3 is 10.2 Å². The number of anilines is 1. The van der Waals surface area contributed by atoms with Crippen LogP contribution in [-0.2, 0) is 17.5 Å². The number of piperazine rings is 1. The molecule has 5 nitrogen and oxygen atoms in total. The van der Waals surface area contributed by atoms with Crippen LogP contribution in [-0.4, -0.2) is 53.9 Å². The number of fused-ring (bicyclic) bond motifs is 1. The maximum Gasteiger partial charge on any atom is 0.416 e. The fourth-order valence-corrected chi connectivity index (χ4v) is 5.24. The summed E-state index contributed by atoms with van der Waals surface area (Å²) < 4.78 is 42.3. The smallest absolute Gasteiger partial charge is 0.322 e. The standard InChI is InChI=1S/C34H33F3N4O/c1-3-25-9-6-7-24(11-12-27-22-38-21-26-8-4-5-10-30(26)27)19-31(25)33(42)39-29-14-13-28(32(20-29)34(35,36)37)23-41-17-15-40(2)16-18-41/h4-8,10,13-14,19-22H,3,9,15-18,23H2,1-2H3,(H,39,42). The number of carbonyl (C=O) groups is 1. The second kappa shape index (κ2) is 12.8. The van der Waals surface area contributed by atoms with Crippen molar-refractivity contribution in [2.24, 2.45) is 0 Å². The van der Waals surface area contributed by atoms with Crippen LogP contribution in [0.15, 0.2) is 89.8 Å². The van der Waals surface area contributed by atoms with E-state index in [2.05, 4.69) is 27.0 Å². The predicted octanol–water partition coefficient (Wildman–Crippen LogP) is 6.58. The number of nitrogens with zero attached hydrogens (tertiary/aromatic N) is 3. The summed E-state index contributed by atoms with van der Waals surface area (Å²) in [6.07, 6.45) is 5.67. The van der Waals surface area contributed by atoms with Gasteiger partial charge in [0, 0.05) is 72.7 Å². The third kappa shape index (κ3) is 6.99. The topological polar surface area (TPSA) is 48.5 Å². The molecule has 2 heterocycles. The van der Waals surface area contributed by atoms with Gasteiger partial charge in [0.25, 0.3) is 5.91 Å². The van der Waals surface area contributed by atoms with Crippen molar-refractivity contribution in [3.8, 4) is 11.8 Å². The Balaban J connectivity index is 1.40. The molecule has 0 atom stereocenters. The Morgan fingerprint density at radius 1 is 1.05 bits per heavy atom. The third-order valence-electron chi connectivity index (χ3n) is 7.69. The van der Waals surface area contributed by atoms with Crippen LogP contribution in [0.5, 0.6) is 0 Å². The summed E-state index contributed by atoms with van der Waals surface area (Å²) in [5.41, 5.74) is 2.30. The van der Waals surface area contributed by atoms with Crippen molar-refractivity contribution in [1.82, 2.24) is 14.8 Å². The molecule has 5 rings (SSSR count). The van der Waals surface area contributed by atoms with E-state index >= 15 is 0 Å². The van der Waals surface area contributed by atoms with Crippen molar-refractivity contribution in [1.29, 1.82) is 0 Å². The number of nitrogens with one attached hydrogen (secondary N) is 1. The zero-order valence-electron chi connectivity index (χ0n) is 23.8. The molecule has 0 unspecified atom stereocenters. The van der Waals surface area contributed by atoms with E-state index in [0.29, 0.717) is 37.1 Å². The molecule has 8 heteroatoms. The second-order valence-corrected chi connectivity index (χ2v) is 10.6. The number of benzene rings is 2. The molecule has 0 radical (unpaired) electrons. The van der Waals surface area contributed by atoms with Crippen LogP contribution in [0.4, 0.5) is 18.9 Å². The Kier molecular flexibility index (Phi) is 8.91. The molecule has 1 fully saturated rings. The highest BCUT2D eigenvalue weighted by atomic mass is 19.4. The van der Waals surface area contributed by atoms with Gasteiger partial charge in [0.2, 0.25) is 0 Å². The van der Waals surface area contributed by atoms with Gasteiger partial charge in [0.1, 0.15) is 0 Å². The Hall–Kier alpha value is -4.19. The van der Waals surface area contributed by atoms with Crippen molar-refractivity contribution >= 4 is 22.4 Å². The molecule has 0 spiro atoms. The molecule has 0 saturated carbocycles. The van der Waals surface area contributed by atoms with E-state index in [1.807, 2.05) is 55.3 Å². The summed E-state index contributed by atoms with van der Waals surface area (Å²) in [4.78, 5) is 22.0. The first-order valence-electron chi connectivity index (χ1n) is 14.1. The number of aromatic nitrogens is 1. The summed E-state index contributed by atoms with van der Waals surface area (Å²) in [6, 6.07) is 11.9. The van der Waals surface area contributed by atoms with E-state index in [9.17, 15) is 18.0 Å². The first-order valence-corrected chi connectivity index (χ1v) is 14.1. The van der Waals surface area contributed by atoms with Gasteiger partial charge in [-0.25, -0.2) is 0 Å². The van der Waals surface area contributed by atoms with Crippen LogP contribution >= 0.6 is 0 Å². The maximum atomic E-state index is 14.1. The number of hydrogen-bond acceptors (Lipinski definition) is 4. The zero-order valence-corrected chi connectivity index (χ0v) is 23.8. The van der Waals surface area contributed by atoms with Crippen molar-refractivity contribution < 1.29 is 18.0 Å². The fraction of sp³-hybridized carbons (Fsp3) is 0.294. The molecule has 1 aliphatic carbocycles. The van der Waals surface area contributed by atoms with Crippen molar-refractivity contribution in [2.45, 2.75) is 32.5 Å². The third-order valence-corrected chi connectivity index (χ3v) is 7.69. The molecule has 0 bridgehead atoms. The van der Waals surface area contributed by atoms with Crippen molar-refractivity contribution in [2.75, 3.05) is 38.5 Å². The first kappa shape index (κ1) is 29.3. The molecule has 1 N–H and O–H groups in total. The van der Waals surface area contributed by atoms with Gasteiger partial charge >= 0.3 is 6.18 Å². The minimum absolute atomic E-state index is 0.109. The molecule has 1 aliphatic heterocycles. The molecule has 1 aromatic heterocycles. The highest BCUT2D eigenvalue weighted by molar-refractivity contribution is 6.06. The maximum absolute atomic E-state index is 14.1. The Bertz CT molecular complexity index is 1630. The van der Waals surface area contributed by atoms with E-state index < -0.39 is 17.6 Å². The van der Waals surface area contributed by atoms with Crippen LogP contribution in [0.25, 0.3) is 10.8 Å². The van der Waals surface area contributed by atoms with Gasteiger partial charge in [-0.15, -0.1) is 0 Å². The van der Waals surface area contributed by atoms with Gasteiger partial charge in [-0.2, -0.15) is 13.2 Å². The predicted molar refractivity (Wildman–Crippen MR) is 161 cm³/mol. The van der Waals surface area contributed by atoms with Crippen LogP contribution < -0.4 is 5.32 Å². The number of hydrogen-bond donors (Lipinski definition) is 1. The van der Waals surface area contributed by atoms with Crippen molar-refractivity contribution in [3.63, 3.8) is 0 Å². The summed E-state index contributed by atoms with van der Waals surface area (Å²) in [7, 11) is 2.01. The van der Waals surface area contributed by atoms with Gasteiger partial charge in [0.15, 0.2) is 0 Å². The number of alkyl halides is 3. The first-order chi connectivity index (χ1) is 20.2. The molecule has 2 aliphatic rings. The highest BCUT2D eigenvalue weighted by Crippen LogP contribution is 2.35. The largest absolute Gasteiger partial charge is 0.416 e. The minimum Gasteiger partial charge on any atom is -0.322 e. The average molecular weight is 571 g/mol. The monoisotopic (exact) mass is 570 g/mol. The molecule has 3 aromatic rings. The number of likely N-dealkylation sites (N-methyl/N-ethyl adjacent to an activating group) is 1. The Labute approximate surface area is 244 Å². The number of pyridine rings is 1. The van der Waals surface area contributed by atoms with E-state index in [4.69, 9.17) is 0 Å². The molecule has 216 valence electrons. The molecular formula is C34H33F3N4O. The van der Waals surface area contributed by atoms with E-state index in [1.54, 1.807) is 24.5 Å². The van der Waals surface area contributed by atoms with E-state index in [-0.39, 0.29) is 17.8 Å². The zero-order chi connectivity index (χ0) is 29.7. The van der Waals surface area contributed by atoms with Crippen LogP contribution in [0.2, 0.25) is 0 Å². The van der Waals surface area contributed by atoms with Crippen LogP contribution in [0, 0.1) is 11.8 Å². The second-order valence-electron chi connectivity index (χ2n) is 10.6. The Morgan fingerprint density at radius 2 is 1.83 bits per heavy atom. The fourth-order valence-electron chi connectivity index (χ4n) is 5.24. The van der Waals surface area contributed by atoms with E-state index in [0.717, 1.165) is 41.1 Å².